The van der Waals surface area contributed by atoms with Crippen LogP contribution in [0.1, 0.15) is 21.5 Å². The van der Waals surface area contributed by atoms with E-state index < -0.39 is 0 Å². The number of carbonyl (C=O) groups is 1. The minimum Gasteiger partial charge on any atom is -0.399 e. The number of aryl methyl sites for hydroxylation is 2. The molecule has 0 radical (unpaired) electrons. The van der Waals surface area contributed by atoms with Gasteiger partial charge in [0.1, 0.15) is 0 Å². The third-order valence-electron chi connectivity index (χ3n) is 2.97. The van der Waals surface area contributed by atoms with Gasteiger partial charge in [-0.05, 0) is 55.3 Å². The maximum absolute atomic E-state index is 12.2. The van der Waals surface area contributed by atoms with Crippen molar-refractivity contribution in [1.82, 2.24) is 0 Å². The number of amides is 1. The van der Waals surface area contributed by atoms with Crippen molar-refractivity contribution in [3.63, 3.8) is 0 Å². The summed E-state index contributed by atoms with van der Waals surface area (Å²) in [6.07, 6.45) is 0. The minimum absolute atomic E-state index is 0.177. The Morgan fingerprint density at radius 1 is 1.11 bits per heavy atom. The Balaban J connectivity index is 2.25. The lowest BCUT2D eigenvalue weighted by Gasteiger charge is -2.09. The molecule has 0 unspecified atom stereocenters. The van der Waals surface area contributed by atoms with Crippen LogP contribution in [-0.4, -0.2) is 5.91 Å². The Bertz CT molecular complexity index is 638. The number of nitrogens with two attached hydrogens (primary N) is 1. The van der Waals surface area contributed by atoms with Gasteiger partial charge in [0.15, 0.2) is 0 Å². The maximum atomic E-state index is 12.2. The second kappa shape index (κ2) is 5.33. The second-order valence-electron chi connectivity index (χ2n) is 4.48. The summed E-state index contributed by atoms with van der Waals surface area (Å²) < 4.78 is 0. The van der Waals surface area contributed by atoms with E-state index in [1.165, 1.54) is 0 Å². The summed E-state index contributed by atoms with van der Waals surface area (Å²) in [5.41, 5.74) is 9.55. The zero-order valence-electron chi connectivity index (χ0n) is 10.8. The number of halogens is 1. The Kier molecular flexibility index (Phi) is 3.76. The van der Waals surface area contributed by atoms with Crippen molar-refractivity contribution in [3.8, 4) is 0 Å². The van der Waals surface area contributed by atoms with E-state index in [0.29, 0.717) is 16.3 Å². The first kappa shape index (κ1) is 13.4. The van der Waals surface area contributed by atoms with Gasteiger partial charge in [-0.3, -0.25) is 4.79 Å². The maximum Gasteiger partial charge on any atom is 0.255 e. The molecule has 0 heterocycles. The average molecular weight is 275 g/mol. The topological polar surface area (TPSA) is 55.1 Å². The van der Waals surface area contributed by atoms with E-state index in [1.807, 2.05) is 26.0 Å². The van der Waals surface area contributed by atoms with Crippen molar-refractivity contribution >= 4 is 28.9 Å². The summed E-state index contributed by atoms with van der Waals surface area (Å²) in [6.45, 7) is 3.77. The van der Waals surface area contributed by atoms with Crippen molar-refractivity contribution in [2.24, 2.45) is 0 Å². The fraction of sp³-hybridized carbons (Fsp3) is 0.133. The van der Waals surface area contributed by atoms with E-state index in [2.05, 4.69) is 5.32 Å². The quantitative estimate of drug-likeness (QED) is 0.819. The van der Waals surface area contributed by atoms with Crippen molar-refractivity contribution in [2.75, 3.05) is 11.1 Å². The van der Waals surface area contributed by atoms with Crippen LogP contribution in [0.4, 0.5) is 11.4 Å². The van der Waals surface area contributed by atoms with Crippen molar-refractivity contribution in [1.29, 1.82) is 0 Å². The highest BCUT2D eigenvalue weighted by molar-refractivity contribution is 6.31. The Morgan fingerprint density at radius 2 is 1.84 bits per heavy atom. The molecule has 3 N–H and O–H groups in total. The molecule has 2 aromatic carbocycles. The first-order valence-corrected chi connectivity index (χ1v) is 6.29. The Hall–Kier alpha value is -2.00. The van der Waals surface area contributed by atoms with Gasteiger partial charge in [-0.15, -0.1) is 0 Å². The molecule has 19 heavy (non-hydrogen) atoms. The van der Waals surface area contributed by atoms with E-state index in [-0.39, 0.29) is 5.91 Å². The van der Waals surface area contributed by atoms with Crippen LogP contribution in [-0.2, 0) is 0 Å². The zero-order chi connectivity index (χ0) is 14.0. The number of nitrogens with one attached hydrogen (secondary N) is 1. The summed E-state index contributed by atoms with van der Waals surface area (Å²) in [4.78, 5) is 12.2. The normalized spacial score (nSPS) is 10.3. The molecule has 1 amide bonds. The minimum atomic E-state index is -0.177. The number of carbonyl (C=O) groups excluding carboxylic acids is 1. The Labute approximate surface area is 117 Å². The number of rotatable bonds is 2. The van der Waals surface area contributed by atoms with E-state index in [4.69, 9.17) is 17.3 Å². The molecule has 0 fully saturated rings. The molecule has 2 rings (SSSR count). The van der Waals surface area contributed by atoms with Crippen LogP contribution in [0.25, 0.3) is 0 Å². The molecular formula is C15H15ClN2O. The lowest BCUT2D eigenvalue weighted by atomic mass is 10.1. The average Bonchev–Trinajstić information content (AvgIpc) is 2.36. The number of benzene rings is 2. The largest absolute Gasteiger partial charge is 0.399 e. The highest BCUT2D eigenvalue weighted by Crippen LogP contribution is 2.20. The monoisotopic (exact) mass is 274 g/mol. The summed E-state index contributed by atoms with van der Waals surface area (Å²) in [5, 5.41) is 3.39. The summed E-state index contributed by atoms with van der Waals surface area (Å²) >= 11 is 5.91. The van der Waals surface area contributed by atoms with E-state index in [0.717, 1.165) is 16.8 Å². The molecule has 0 aliphatic heterocycles. The number of hydrogen-bond acceptors (Lipinski definition) is 2. The van der Waals surface area contributed by atoms with Crippen molar-refractivity contribution in [3.05, 3.63) is 58.1 Å². The highest BCUT2D eigenvalue weighted by atomic mass is 35.5. The molecule has 3 nitrogen and oxygen atoms in total. The van der Waals surface area contributed by atoms with Crippen molar-refractivity contribution < 1.29 is 4.79 Å². The lowest BCUT2D eigenvalue weighted by molar-refractivity contribution is 0.102. The molecule has 0 saturated carbocycles. The fourth-order valence-electron chi connectivity index (χ4n) is 1.79. The fourth-order valence-corrected chi connectivity index (χ4v) is 1.96. The van der Waals surface area contributed by atoms with Gasteiger partial charge < -0.3 is 11.1 Å². The van der Waals surface area contributed by atoms with Crippen molar-refractivity contribution in [2.45, 2.75) is 13.8 Å². The van der Waals surface area contributed by atoms with Gasteiger partial charge in [-0.1, -0.05) is 17.7 Å². The zero-order valence-corrected chi connectivity index (χ0v) is 11.6. The number of hydrogen-bond donors (Lipinski definition) is 2. The predicted molar refractivity (Wildman–Crippen MR) is 79.7 cm³/mol. The predicted octanol–water partition coefficient (Wildman–Crippen LogP) is 3.79. The molecule has 0 bridgehead atoms. The second-order valence-corrected chi connectivity index (χ2v) is 4.92. The third kappa shape index (κ3) is 3.06. The van der Waals surface area contributed by atoms with Crippen LogP contribution >= 0.6 is 11.6 Å². The summed E-state index contributed by atoms with van der Waals surface area (Å²) in [5.74, 6) is -0.177. The molecule has 0 aliphatic carbocycles. The van der Waals surface area contributed by atoms with Crippen LogP contribution in [0.5, 0.6) is 0 Å². The first-order chi connectivity index (χ1) is 8.97. The van der Waals surface area contributed by atoms with Crippen LogP contribution < -0.4 is 11.1 Å². The van der Waals surface area contributed by atoms with Crippen LogP contribution in [0, 0.1) is 13.8 Å². The van der Waals surface area contributed by atoms with Gasteiger partial charge >= 0.3 is 0 Å². The SMILES string of the molecule is Cc1cc(NC(=O)c2cc(Cl)ccc2C)ccc1N. The lowest BCUT2D eigenvalue weighted by Crippen LogP contribution is -2.13. The van der Waals surface area contributed by atoms with Gasteiger partial charge in [0.2, 0.25) is 0 Å². The third-order valence-corrected chi connectivity index (χ3v) is 3.21. The molecule has 0 aliphatic rings. The Morgan fingerprint density at radius 3 is 2.53 bits per heavy atom. The molecule has 0 saturated heterocycles. The molecule has 0 atom stereocenters. The van der Waals surface area contributed by atoms with Crippen LogP contribution in [0.15, 0.2) is 36.4 Å². The van der Waals surface area contributed by atoms with Crippen LogP contribution in [0.2, 0.25) is 5.02 Å². The molecular weight excluding hydrogens is 260 g/mol. The van der Waals surface area contributed by atoms with E-state index in [9.17, 15) is 4.79 Å². The number of anilines is 2. The highest BCUT2D eigenvalue weighted by Gasteiger charge is 2.10. The molecule has 98 valence electrons. The molecule has 0 aromatic heterocycles. The first-order valence-electron chi connectivity index (χ1n) is 5.91. The summed E-state index contributed by atoms with van der Waals surface area (Å²) in [6, 6.07) is 10.6. The van der Waals surface area contributed by atoms with Gasteiger partial charge in [-0.2, -0.15) is 0 Å². The van der Waals surface area contributed by atoms with Crippen LogP contribution in [0.3, 0.4) is 0 Å². The standard InChI is InChI=1S/C15H15ClN2O/c1-9-3-4-11(16)8-13(9)15(19)18-12-5-6-14(17)10(2)7-12/h3-8H,17H2,1-2H3,(H,18,19). The van der Waals surface area contributed by atoms with Gasteiger partial charge in [0, 0.05) is 22.0 Å². The summed E-state index contributed by atoms with van der Waals surface area (Å²) in [7, 11) is 0. The van der Waals surface area contributed by atoms with Gasteiger partial charge in [-0.25, -0.2) is 0 Å². The number of nitrogen functional groups attached to an aromatic ring is 1. The molecule has 4 heteroatoms. The molecule has 2 aromatic rings. The van der Waals surface area contributed by atoms with Gasteiger partial charge in [0.25, 0.3) is 5.91 Å². The van der Waals surface area contributed by atoms with Gasteiger partial charge in [0.05, 0.1) is 0 Å². The van der Waals surface area contributed by atoms with E-state index >= 15 is 0 Å². The smallest absolute Gasteiger partial charge is 0.255 e. The molecule has 0 spiro atoms. The van der Waals surface area contributed by atoms with E-state index in [1.54, 1.807) is 24.3 Å².